The van der Waals surface area contributed by atoms with E-state index in [1.54, 1.807) is 43.3 Å². The molecule has 14 heteroatoms. The topological polar surface area (TPSA) is 124 Å². The average molecular weight is 736 g/mol. The van der Waals surface area contributed by atoms with Crippen LogP contribution in [0.1, 0.15) is 22.3 Å². The summed E-state index contributed by atoms with van der Waals surface area (Å²) in [6.45, 7) is 0.0787. The SMILES string of the molecule is COc1ccc(S(=O)(=O)N2C(=O)C(c3ccccc3OC)(N3Cc4ccccc4C[C@H]3C(=O)N(C)C)c3cc(Cl)c(OC)c(OC)c32)c(OC)c1. The van der Waals surface area contributed by atoms with Crippen molar-refractivity contribution in [3.63, 3.8) is 0 Å². The number of anilines is 1. The van der Waals surface area contributed by atoms with E-state index in [1.807, 2.05) is 24.3 Å². The number of halogens is 1. The van der Waals surface area contributed by atoms with Gasteiger partial charge in [0.2, 0.25) is 5.91 Å². The lowest BCUT2D eigenvalue weighted by atomic mass is 9.77. The molecule has 0 radical (unpaired) electrons. The van der Waals surface area contributed by atoms with Gasteiger partial charge in [-0.15, -0.1) is 0 Å². The maximum absolute atomic E-state index is 15.9. The average Bonchev–Trinajstić information content (AvgIpc) is 3.40. The molecule has 2 amide bonds. The second-order valence-electron chi connectivity index (χ2n) is 12.2. The molecule has 0 aliphatic carbocycles. The van der Waals surface area contributed by atoms with Crippen LogP contribution in [0.5, 0.6) is 28.7 Å². The molecular weight excluding hydrogens is 698 g/mol. The molecule has 0 N–H and O–H groups in total. The maximum atomic E-state index is 15.9. The molecular formula is C37H38ClN3O9S. The molecule has 0 fully saturated rings. The summed E-state index contributed by atoms with van der Waals surface area (Å²) in [5.74, 6) is -0.756. The third-order valence-electron chi connectivity index (χ3n) is 9.45. The van der Waals surface area contributed by atoms with Gasteiger partial charge in [0.1, 0.15) is 27.8 Å². The Kier molecular flexibility index (Phi) is 9.57. The number of hydrogen-bond donors (Lipinski definition) is 0. The van der Waals surface area contributed by atoms with Crippen molar-refractivity contribution in [1.29, 1.82) is 0 Å². The van der Waals surface area contributed by atoms with Crippen LogP contribution in [0.25, 0.3) is 0 Å². The van der Waals surface area contributed by atoms with Crippen LogP contribution < -0.4 is 28.0 Å². The van der Waals surface area contributed by atoms with E-state index >= 15 is 13.2 Å². The summed E-state index contributed by atoms with van der Waals surface area (Å²) in [7, 11) is 5.35. The van der Waals surface area contributed by atoms with Gasteiger partial charge in [0.15, 0.2) is 17.0 Å². The molecule has 12 nitrogen and oxygen atoms in total. The molecule has 6 rings (SSSR count). The van der Waals surface area contributed by atoms with E-state index in [-0.39, 0.29) is 68.6 Å². The van der Waals surface area contributed by atoms with Gasteiger partial charge in [-0.25, -0.2) is 8.42 Å². The van der Waals surface area contributed by atoms with Crippen molar-refractivity contribution in [1.82, 2.24) is 9.80 Å². The largest absolute Gasteiger partial charge is 0.497 e. The summed E-state index contributed by atoms with van der Waals surface area (Å²) in [6.07, 6.45) is 0.229. The van der Waals surface area contributed by atoms with E-state index in [1.165, 1.54) is 64.7 Å². The minimum absolute atomic E-state index is 0.00773. The lowest BCUT2D eigenvalue weighted by molar-refractivity contribution is -0.141. The molecule has 0 saturated heterocycles. The van der Waals surface area contributed by atoms with Crippen molar-refractivity contribution < 1.29 is 41.7 Å². The van der Waals surface area contributed by atoms with Crippen molar-refractivity contribution >= 4 is 39.1 Å². The van der Waals surface area contributed by atoms with Crippen molar-refractivity contribution in [3.05, 3.63) is 100 Å². The van der Waals surface area contributed by atoms with E-state index in [9.17, 15) is 4.79 Å². The smallest absolute Gasteiger partial charge is 0.274 e. The Hall–Kier alpha value is -4.98. The predicted octanol–water partition coefficient (Wildman–Crippen LogP) is 4.88. The number of para-hydroxylation sites is 1. The van der Waals surface area contributed by atoms with Crippen LogP contribution in [0.2, 0.25) is 5.02 Å². The molecule has 4 aromatic carbocycles. The Bertz CT molecular complexity index is 2140. The van der Waals surface area contributed by atoms with Crippen LogP contribution in [0.4, 0.5) is 5.69 Å². The highest BCUT2D eigenvalue weighted by Gasteiger charge is 2.64. The maximum Gasteiger partial charge on any atom is 0.274 e. The van der Waals surface area contributed by atoms with E-state index in [0.717, 1.165) is 11.1 Å². The Morgan fingerprint density at radius 1 is 0.804 bits per heavy atom. The summed E-state index contributed by atoms with van der Waals surface area (Å²) in [5.41, 5.74) is 0.0505. The van der Waals surface area contributed by atoms with E-state index in [4.69, 9.17) is 35.3 Å². The number of amides is 2. The zero-order valence-corrected chi connectivity index (χ0v) is 30.8. The Balaban J connectivity index is 1.79. The van der Waals surface area contributed by atoms with Gasteiger partial charge in [-0.3, -0.25) is 14.5 Å². The highest BCUT2D eigenvalue weighted by molar-refractivity contribution is 7.93. The molecule has 2 atom stereocenters. The zero-order valence-electron chi connectivity index (χ0n) is 29.2. The molecule has 2 aliphatic heterocycles. The fourth-order valence-corrected chi connectivity index (χ4v) is 9.04. The number of nitrogens with zero attached hydrogens (tertiary/aromatic N) is 3. The van der Waals surface area contributed by atoms with Crippen molar-refractivity contribution in [3.8, 4) is 28.7 Å². The quantitative estimate of drug-likeness (QED) is 0.223. The molecule has 4 aromatic rings. The van der Waals surface area contributed by atoms with Gasteiger partial charge >= 0.3 is 0 Å². The fourth-order valence-electron chi connectivity index (χ4n) is 7.17. The predicted molar refractivity (Wildman–Crippen MR) is 191 cm³/mol. The number of carbonyl (C=O) groups excluding carboxylic acids is 2. The second-order valence-corrected chi connectivity index (χ2v) is 14.3. The third kappa shape index (κ3) is 5.42. The van der Waals surface area contributed by atoms with E-state index < -0.39 is 27.5 Å². The number of ether oxygens (including phenoxy) is 5. The number of benzene rings is 4. The van der Waals surface area contributed by atoms with Crippen molar-refractivity contribution in [2.45, 2.75) is 29.4 Å². The van der Waals surface area contributed by atoms with Gasteiger partial charge in [0.05, 0.1) is 46.6 Å². The van der Waals surface area contributed by atoms with E-state index in [0.29, 0.717) is 10.1 Å². The number of likely N-dealkylation sites (N-methyl/N-ethyl adjacent to an activating group) is 1. The van der Waals surface area contributed by atoms with Crippen molar-refractivity contribution in [2.75, 3.05) is 53.9 Å². The molecule has 0 bridgehead atoms. The van der Waals surface area contributed by atoms with E-state index in [2.05, 4.69) is 0 Å². The second kappa shape index (κ2) is 13.6. The number of methoxy groups -OCH3 is 5. The van der Waals surface area contributed by atoms with Crippen LogP contribution in [0, 0.1) is 0 Å². The molecule has 51 heavy (non-hydrogen) atoms. The zero-order chi connectivity index (χ0) is 36.8. The Labute approximate surface area is 302 Å². The first-order chi connectivity index (χ1) is 24.4. The summed E-state index contributed by atoms with van der Waals surface area (Å²) in [4.78, 5) is 33.1. The van der Waals surface area contributed by atoms with Gasteiger partial charge in [-0.2, -0.15) is 4.31 Å². The summed E-state index contributed by atoms with van der Waals surface area (Å²) in [6, 6.07) is 19.2. The fraction of sp³-hybridized carbons (Fsp3) is 0.297. The summed E-state index contributed by atoms with van der Waals surface area (Å²) < 4.78 is 59.2. The number of fused-ring (bicyclic) bond motifs is 2. The van der Waals surface area contributed by atoms with Gasteiger partial charge < -0.3 is 28.6 Å². The number of hydrogen-bond acceptors (Lipinski definition) is 10. The number of carbonyl (C=O) groups is 2. The van der Waals surface area contributed by atoms with Gasteiger partial charge in [0.25, 0.3) is 15.9 Å². The van der Waals surface area contributed by atoms with Crippen LogP contribution in [-0.2, 0) is 38.1 Å². The van der Waals surface area contributed by atoms with Gasteiger partial charge in [-0.05, 0) is 41.8 Å². The minimum Gasteiger partial charge on any atom is -0.497 e. The van der Waals surface area contributed by atoms with Crippen LogP contribution in [0.15, 0.2) is 77.7 Å². The molecule has 0 spiro atoms. The van der Waals surface area contributed by atoms with Crippen LogP contribution in [0.3, 0.4) is 0 Å². The third-order valence-corrected chi connectivity index (χ3v) is 11.5. The normalized spacial score (nSPS) is 18.5. The molecule has 268 valence electrons. The van der Waals surface area contributed by atoms with Crippen LogP contribution in [-0.4, -0.2) is 85.7 Å². The Morgan fingerprint density at radius 2 is 1.45 bits per heavy atom. The number of sulfonamides is 1. The lowest BCUT2D eigenvalue weighted by Crippen LogP contribution is -2.62. The highest BCUT2D eigenvalue weighted by Crippen LogP contribution is 2.60. The standard InChI is InChI=1S/C37H38ClN3O9S/c1-39(2)35(42)28-18-22-12-8-9-13-23(22)21-40(28)37(25-14-10-11-15-29(25)47-4)26-20-27(38)33(49-6)34(50-7)32(26)41(36(37)43)51(44,45)31-17-16-24(46-3)19-30(31)48-5/h8-17,19-20,28H,18,21H2,1-7H3/t28-,37?/m0/s1. The van der Waals surface area contributed by atoms with Crippen molar-refractivity contribution in [2.24, 2.45) is 0 Å². The molecule has 0 saturated carbocycles. The first-order valence-corrected chi connectivity index (χ1v) is 17.7. The first kappa shape index (κ1) is 35.8. The monoisotopic (exact) mass is 735 g/mol. The van der Waals surface area contributed by atoms with Gasteiger partial charge in [-0.1, -0.05) is 54.1 Å². The molecule has 0 aromatic heterocycles. The molecule has 2 heterocycles. The van der Waals surface area contributed by atoms with Gasteiger partial charge in [0, 0.05) is 37.8 Å². The van der Waals surface area contributed by atoms with Crippen LogP contribution >= 0.6 is 11.6 Å². The number of rotatable bonds is 10. The summed E-state index contributed by atoms with van der Waals surface area (Å²) in [5, 5.41) is 0.0503. The lowest BCUT2D eigenvalue weighted by Gasteiger charge is -2.47. The first-order valence-electron chi connectivity index (χ1n) is 15.9. The Morgan fingerprint density at radius 3 is 2.08 bits per heavy atom. The molecule has 2 aliphatic rings. The summed E-state index contributed by atoms with van der Waals surface area (Å²) >= 11 is 6.91. The highest BCUT2D eigenvalue weighted by atomic mass is 35.5. The minimum atomic E-state index is -4.83. The molecule has 1 unspecified atom stereocenters.